The third kappa shape index (κ3) is 3.44. The summed E-state index contributed by atoms with van der Waals surface area (Å²) < 4.78 is 19.9. The number of aromatic amines is 1. The molecule has 0 unspecified atom stereocenters. The number of imidazole rings is 1. The Balaban J connectivity index is 1.97. The van der Waals surface area contributed by atoms with E-state index in [2.05, 4.69) is 36.0 Å². The normalized spacial score (nSPS) is 17.4. The third-order valence-electron chi connectivity index (χ3n) is 4.33. The van der Waals surface area contributed by atoms with Crippen LogP contribution in [0.2, 0.25) is 0 Å². The Hall–Kier alpha value is -2.42. The number of halogens is 2. The standard InChI is InChI=1S/C17H18BrFN4O3/c1-9(16(24)26-2)22-17(25)23-6-5-13-14(21-8-20-13)15(23)11-7-10(18)3-4-12(11)19/h3-4,7-9,15H,5-6H2,1-2H3,(H,20,21)(H,22,25)/t9-,15+/m1/s1. The van der Waals surface area contributed by atoms with Gasteiger partial charge in [0.1, 0.15) is 17.9 Å². The quantitative estimate of drug-likeness (QED) is 0.741. The zero-order chi connectivity index (χ0) is 18.8. The molecule has 2 aromatic rings. The predicted octanol–water partition coefficient (Wildman–Crippen LogP) is 2.53. The summed E-state index contributed by atoms with van der Waals surface area (Å²) in [5.74, 6) is -0.992. The van der Waals surface area contributed by atoms with Crippen LogP contribution in [0.25, 0.3) is 0 Å². The molecule has 0 saturated carbocycles. The van der Waals surface area contributed by atoms with Gasteiger partial charge in [0.2, 0.25) is 0 Å². The number of nitrogens with one attached hydrogen (secondary N) is 2. The van der Waals surface area contributed by atoms with Gasteiger partial charge in [-0.15, -0.1) is 0 Å². The van der Waals surface area contributed by atoms with Gasteiger partial charge in [0.05, 0.1) is 19.1 Å². The van der Waals surface area contributed by atoms with Crippen LogP contribution >= 0.6 is 15.9 Å². The Morgan fingerprint density at radius 2 is 2.27 bits per heavy atom. The lowest BCUT2D eigenvalue weighted by atomic mass is 9.95. The highest BCUT2D eigenvalue weighted by atomic mass is 79.9. The van der Waals surface area contributed by atoms with Gasteiger partial charge in [0.25, 0.3) is 0 Å². The second-order valence-electron chi connectivity index (χ2n) is 5.97. The molecule has 1 aromatic heterocycles. The zero-order valence-electron chi connectivity index (χ0n) is 14.3. The molecule has 0 spiro atoms. The number of fused-ring (bicyclic) bond motifs is 1. The average Bonchev–Trinajstić information content (AvgIpc) is 3.10. The van der Waals surface area contributed by atoms with Crippen molar-refractivity contribution in [1.29, 1.82) is 0 Å². The van der Waals surface area contributed by atoms with E-state index in [1.54, 1.807) is 12.1 Å². The van der Waals surface area contributed by atoms with Gasteiger partial charge in [0.15, 0.2) is 0 Å². The SMILES string of the molecule is COC(=O)[C@@H](C)NC(=O)N1CCc2[nH]cnc2[C@@H]1c1cc(Br)ccc1F. The minimum absolute atomic E-state index is 0.327. The monoisotopic (exact) mass is 424 g/mol. The van der Waals surface area contributed by atoms with Crippen molar-refractivity contribution < 1.29 is 18.7 Å². The lowest BCUT2D eigenvalue weighted by molar-refractivity contribution is -0.142. The van der Waals surface area contributed by atoms with Crippen LogP contribution in [0.1, 0.15) is 29.9 Å². The maximum absolute atomic E-state index is 14.5. The highest BCUT2D eigenvalue weighted by Crippen LogP contribution is 2.35. The summed E-state index contributed by atoms with van der Waals surface area (Å²) in [5.41, 5.74) is 1.78. The molecule has 0 aliphatic carbocycles. The van der Waals surface area contributed by atoms with Crippen LogP contribution in [0.3, 0.4) is 0 Å². The molecule has 138 valence electrons. The van der Waals surface area contributed by atoms with E-state index in [0.717, 1.165) is 5.69 Å². The van der Waals surface area contributed by atoms with Gasteiger partial charge < -0.3 is 19.9 Å². The summed E-state index contributed by atoms with van der Waals surface area (Å²) in [4.78, 5) is 33.2. The number of H-pyrrole nitrogens is 1. The van der Waals surface area contributed by atoms with Crippen LogP contribution in [0.15, 0.2) is 29.0 Å². The van der Waals surface area contributed by atoms with E-state index in [1.165, 1.54) is 31.3 Å². The van der Waals surface area contributed by atoms with Crippen molar-refractivity contribution in [2.24, 2.45) is 0 Å². The molecular formula is C17H18BrFN4O3. The number of ether oxygens (including phenoxy) is 1. The maximum atomic E-state index is 14.5. The Morgan fingerprint density at radius 1 is 1.50 bits per heavy atom. The Bertz CT molecular complexity index is 841. The number of carbonyl (C=O) groups is 2. The highest BCUT2D eigenvalue weighted by Gasteiger charge is 2.36. The van der Waals surface area contributed by atoms with Crippen molar-refractivity contribution in [1.82, 2.24) is 20.2 Å². The van der Waals surface area contributed by atoms with Crippen molar-refractivity contribution in [3.63, 3.8) is 0 Å². The molecule has 1 aliphatic heterocycles. The van der Waals surface area contributed by atoms with E-state index in [1.807, 2.05) is 0 Å². The van der Waals surface area contributed by atoms with Gasteiger partial charge in [0, 0.05) is 28.7 Å². The van der Waals surface area contributed by atoms with E-state index in [-0.39, 0.29) is 0 Å². The van der Waals surface area contributed by atoms with Gasteiger partial charge >= 0.3 is 12.0 Å². The molecule has 2 heterocycles. The molecule has 0 radical (unpaired) electrons. The third-order valence-corrected chi connectivity index (χ3v) is 4.83. The van der Waals surface area contributed by atoms with Crippen LogP contribution in [-0.4, -0.2) is 46.6 Å². The van der Waals surface area contributed by atoms with E-state index in [4.69, 9.17) is 0 Å². The largest absolute Gasteiger partial charge is 0.467 e. The first-order valence-electron chi connectivity index (χ1n) is 8.04. The van der Waals surface area contributed by atoms with E-state index in [0.29, 0.717) is 28.7 Å². The smallest absolute Gasteiger partial charge is 0.328 e. The number of benzene rings is 1. The van der Waals surface area contributed by atoms with Crippen molar-refractivity contribution in [3.8, 4) is 0 Å². The number of aromatic nitrogens is 2. The molecule has 2 N–H and O–H groups in total. The van der Waals surface area contributed by atoms with E-state index >= 15 is 0 Å². The fourth-order valence-corrected chi connectivity index (χ4v) is 3.42. The number of methoxy groups -OCH3 is 1. The first kappa shape index (κ1) is 18.4. The number of nitrogens with zero attached hydrogens (tertiary/aromatic N) is 2. The number of amides is 2. The minimum Gasteiger partial charge on any atom is -0.467 e. The molecule has 26 heavy (non-hydrogen) atoms. The molecule has 1 aliphatic rings. The van der Waals surface area contributed by atoms with Crippen LogP contribution in [0.5, 0.6) is 0 Å². The van der Waals surface area contributed by atoms with Gasteiger partial charge in [-0.1, -0.05) is 15.9 Å². The summed E-state index contributed by atoms with van der Waals surface area (Å²) >= 11 is 3.34. The van der Waals surface area contributed by atoms with Gasteiger partial charge in [-0.25, -0.2) is 19.0 Å². The minimum atomic E-state index is -0.818. The topological polar surface area (TPSA) is 87.3 Å². The molecule has 7 nitrogen and oxygen atoms in total. The summed E-state index contributed by atoms with van der Waals surface area (Å²) in [6.07, 6.45) is 2.09. The highest BCUT2D eigenvalue weighted by molar-refractivity contribution is 9.10. The number of rotatable bonds is 3. The van der Waals surface area contributed by atoms with Crippen molar-refractivity contribution in [3.05, 3.63) is 51.8 Å². The molecule has 0 saturated heterocycles. The number of carbonyl (C=O) groups excluding carboxylic acids is 2. The number of esters is 1. The fourth-order valence-electron chi connectivity index (χ4n) is 3.04. The van der Waals surface area contributed by atoms with Crippen LogP contribution in [0, 0.1) is 5.82 Å². The first-order chi connectivity index (χ1) is 12.4. The maximum Gasteiger partial charge on any atom is 0.328 e. The van der Waals surface area contributed by atoms with E-state index in [9.17, 15) is 14.0 Å². The molecule has 0 bridgehead atoms. The Labute approximate surface area is 158 Å². The number of hydrogen-bond acceptors (Lipinski definition) is 4. The molecule has 1 aromatic carbocycles. The Morgan fingerprint density at radius 3 is 3.00 bits per heavy atom. The molecular weight excluding hydrogens is 407 g/mol. The average molecular weight is 425 g/mol. The molecule has 2 atom stereocenters. The van der Waals surface area contributed by atoms with Crippen LogP contribution in [-0.2, 0) is 16.0 Å². The lowest BCUT2D eigenvalue weighted by Crippen LogP contribution is -2.50. The second-order valence-corrected chi connectivity index (χ2v) is 6.89. The summed E-state index contributed by atoms with van der Waals surface area (Å²) in [7, 11) is 1.25. The number of urea groups is 1. The first-order valence-corrected chi connectivity index (χ1v) is 8.83. The second kappa shape index (κ2) is 7.45. The summed E-state index contributed by atoms with van der Waals surface area (Å²) in [5, 5.41) is 2.60. The van der Waals surface area contributed by atoms with Crippen molar-refractivity contribution >= 4 is 27.9 Å². The molecule has 9 heteroatoms. The van der Waals surface area contributed by atoms with Gasteiger partial charge in [-0.05, 0) is 25.1 Å². The van der Waals surface area contributed by atoms with Crippen LogP contribution < -0.4 is 5.32 Å². The molecule has 0 fully saturated rings. The zero-order valence-corrected chi connectivity index (χ0v) is 15.8. The van der Waals surface area contributed by atoms with Crippen molar-refractivity contribution in [2.75, 3.05) is 13.7 Å². The molecule has 2 amide bonds. The number of hydrogen-bond donors (Lipinski definition) is 2. The Kier molecular flexibility index (Phi) is 5.26. The van der Waals surface area contributed by atoms with Crippen molar-refractivity contribution in [2.45, 2.75) is 25.4 Å². The predicted molar refractivity (Wildman–Crippen MR) is 95.0 cm³/mol. The summed E-state index contributed by atoms with van der Waals surface area (Å²) in [6.45, 7) is 1.88. The van der Waals surface area contributed by atoms with Gasteiger partial charge in [-0.3, -0.25) is 0 Å². The lowest BCUT2D eigenvalue weighted by Gasteiger charge is -2.36. The van der Waals surface area contributed by atoms with Crippen LogP contribution in [0.4, 0.5) is 9.18 Å². The van der Waals surface area contributed by atoms with E-state index < -0.39 is 29.9 Å². The molecule has 3 rings (SSSR count). The van der Waals surface area contributed by atoms with Gasteiger partial charge in [-0.2, -0.15) is 0 Å². The fraction of sp³-hybridized carbons (Fsp3) is 0.353. The summed E-state index contributed by atoms with van der Waals surface area (Å²) in [6, 6.07) is 2.56.